The van der Waals surface area contributed by atoms with Crippen LogP contribution in [0.25, 0.3) is 0 Å². The summed E-state index contributed by atoms with van der Waals surface area (Å²) in [4.78, 5) is 131. The number of esters is 9. The number of halogens is 3. The zero-order valence-electron chi connectivity index (χ0n) is 58.3. The quantitative estimate of drug-likeness (QED) is 0.0173. The molecule has 3 fully saturated rings. The Morgan fingerprint density at radius 1 is 0.288 bits per heavy atom. The smallest absolute Gasteiger partial charge is 0.338 e. The Morgan fingerprint density at radius 3 is 0.865 bits per heavy atom. The highest BCUT2D eigenvalue weighted by Crippen LogP contribution is 2.40. The third-order valence-corrected chi connectivity index (χ3v) is 18.0. The first-order valence-corrected chi connectivity index (χ1v) is 35.8. The van der Waals surface area contributed by atoms with Gasteiger partial charge in [0, 0.05) is 6.42 Å². The first-order valence-electron chi connectivity index (χ1n) is 34.6. The number of benzene rings is 9. The van der Waals surface area contributed by atoms with Crippen LogP contribution in [0.15, 0.2) is 273 Å². The van der Waals surface area contributed by atoms with Gasteiger partial charge in [-0.15, -0.1) is 0 Å². The van der Waals surface area contributed by atoms with Crippen LogP contribution in [0.3, 0.4) is 0 Å². The molecule has 111 heavy (non-hydrogen) atoms. The number of rotatable bonds is 26. The first kappa shape index (κ1) is 78.9. The molecular formula is C83H68Cl3NO24. The molecule has 3 heterocycles. The third-order valence-electron chi connectivity index (χ3n) is 17.5. The molecule has 570 valence electrons. The molecule has 3 saturated heterocycles. The highest BCUT2D eigenvalue weighted by atomic mass is 35.6. The summed E-state index contributed by atoms with van der Waals surface area (Å²) in [7, 11) is 0. The Morgan fingerprint density at radius 2 is 0.541 bits per heavy atom. The van der Waals surface area contributed by atoms with Gasteiger partial charge in [-0.05, 0) is 109 Å². The fourth-order valence-corrected chi connectivity index (χ4v) is 12.2. The SMILES string of the molecule is N=C(O[C@H]1O[C@H](COC(=O)c2ccccc2)[C@@H](O[C@H]2C[C@@H](OC(=O)c3ccccc3)[C@@H](O[C@H]3O[C@H](COC(=O)c4ccccc4)[C@H](OC(=O)c4ccccc4)[C@H](OC(=O)c4ccccc4)[C@H]3OC(=O)c3ccccc3)[C@@H](COC(=O)c3ccccc3)O2)[C@H](OC(=O)c2ccccc2)[C@H]1OC(=O)c1ccccc1)C(Cl)(Cl)Cl. The van der Waals surface area contributed by atoms with E-state index in [4.69, 9.17) is 111 Å². The summed E-state index contributed by atoms with van der Waals surface area (Å²) in [6, 6.07) is 68.5. The molecule has 14 atom stereocenters. The summed E-state index contributed by atoms with van der Waals surface area (Å²) in [5.74, 6) is -10.2. The van der Waals surface area contributed by atoms with E-state index in [1.807, 2.05) is 0 Å². The van der Waals surface area contributed by atoms with E-state index in [0.717, 1.165) is 0 Å². The minimum atomic E-state index is -2.62. The maximum Gasteiger partial charge on any atom is 0.338 e. The molecule has 0 bridgehead atoms. The fourth-order valence-electron chi connectivity index (χ4n) is 12.0. The average Bonchev–Trinajstić information content (AvgIpc) is 0.768. The van der Waals surface area contributed by atoms with E-state index in [2.05, 4.69) is 0 Å². The van der Waals surface area contributed by atoms with Crippen LogP contribution in [-0.2, 0) is 71.1 Å². The minimum absolute atomic E-state index is 0.00801. The van der Waals surface area contributed by atoms with E-state index in [9.17, 15) is 38.4 Å². The molecular weight excluding hydrogens is 1500 g/mol. The molecule has 25 nitrogen and oxygen atoms in total. The lowest BCUT2D eigenvalue weighted by atomic mass is 9.96. The zero-order valence-corrected chi connectivity index (χ0v) is 60.6. The predicted molar refractivity (Wildman–Crippen MR) is 393 cm³/mol. The summed E-state index contributed by atoms with van der Waals surface area (Å²) >= 11 is 18.7. The average molecular weight is 1570 g/mol. The summed E-state index contributed by atoms with van der Waals surface area (Å²) < 4.78 is 94.0. The van der Waals surface area contributed by atoms with E-state index in [1.165, 1.54) is 146 Å². The van der Waals surface area contributed by atoms with E-state index in [1.54, 1.807) is 127 Å². The van der Waals surface area contributed by atoms with Crippen molar-refractivity contribution in [3.8, 4) is 0 Å². The highest BCUT2D eigenvalue weighted by molar-refractivity contribution is 6.76. The Balaban J connectivity index is 1.01. The van der Waals surface area contributed by atoms with Gasteiger partial charge >= 0.3 is 53.7 Å². The van der Waals surface area contributed by atoms with Crippen molar-refractivity contribution in [2.45, 2.75) is 96.2 Å². The van der Waals surface area contributed by atoms with Gasteiger partial charge in [0.15, 0.2) is 37.0 Å². The van der Waals surface area contributed by atoms with Gasteiger partial charge in [0.25, 0.3) is 3.79 Å². The van der Waals surface area contributed by atoms with Crippen LogP contribution in [0.1, 0.15) is 99.6 Å². The summed E-state index contributed by atoms with van der Waals surface area (Å²) in [6.07, 6.45) is -27.9. The van der Waals surface area contributed by atoms with Crippen molar-refractivity contribution in [3.63, 3.8) is 0 Å². The van der Waals surface area contributed by atoms with Gasteiger partial charge in [-0.1, -0.05) is 199 Å². The number of nitrogens with one attached hydrogen (secondary N) is 1. The molecule has 0 unspecified atom stereocenters. The topological polar surface area (TPSA) is 316 Å². The third kappa shape index (κ3) is 20.8. The van der Waals surface area contributed by atoms with Crippen molar-refractivity contribution in [2.75, 3.05) is 19.8 Å². The standard InChI is InChI=1S/C83H68Cl3NO24/c84-83(85,86)82(87)111-81-70(109-79(96)58-44-26-9-27-45-58)67(106-76(93)55-38-20-6-21-39-55)65(61(103-81)48-98-72(89)51-30-12-2-13-31-51)104-63-46-59(101-74(91)53-34-16-4-17-35-53)64(60(100-63)47-97-71(88)50-28-10-1-11-29-50)110-80-69(108-78(95)57-42-24-8-25-43-57)68(107-77(94)56-40-22-7-23-41-56)66(105-75(92)54-36-18-5-19-37-54)62(102-80)49-99-73(90)52-32-14-3-15-33-52/h1-45,59-70,80-81,87H,46-49H2/t59-,60-,61-,62-,63+,64-,65-,66+,67+,68+,69-,70-,80-,81-/m1/s1. The largest absolute Gasteiger partial charge is 0.459 e. The number of hydrogen-bond acceptors (Lipinski definition) is 25. The van der Waals surface area contributed by atoms with Crippen LogP contribution < -0.4 is 0 Å². The second-order valence-corrected chi connectivity index (χ2v) is 27.2. The first-order chi connectivity index (χ1) is 53.8. The Bertz CT molecular complexity index is 4660. The Labute approximate surface area is 649 Å². The molecule has 0 aliphatic carbocycles. The van der Waals surface area contributed by atoms with Crippen LogP contribution in [0, 0.1) is 5.41 Å². The number of ether oxygens (including phenoxy) is 15. The van der Waals surface area contributed by atoms with Gasteiger partial charge in [-0.25, -0.2) is 43.2 Å². The molecule has 0 spiro atoms. The Kier molecular flexibility index (Phi) is 26.8. The Hall–Kier alpha value is -11.7. The van der Waals surface area contributed by atoms with Gasteiger partial charge < -0.3 is 71.1 Å². The lowest BCUT2D eigenvalue weighted by molar-refractivity contribution is -0.357. The number of hydrogen-bond donors (Lipinski definition) is 1. The summed E-state index contributed by atoms with van der Waals surface area (Å²) in [5.41, 5.74) is -0.106. The monoisotopic (exact) mass is 1570 g/mol. The van der Waals surface area contributed by atoms with E-state index < -0.39 is 176 Å². The van der Waals surface area contributed by atoms with Crippen molar-refractivity contribution < 1.29 is 114 Å². The van der Waals surface area contributed by atoms with Gasteiger partial charge in [-0.3, -0.25) is 5.41 Å². The van der Waals surface area contributed by atoms with Crippen molar-refractivity contribution in [1.29, 1.82) is 5.41 Å². The lowest BCUT2D eigenvalue weighted by Crippen LogP contribution is -2.66. The molecule has 1 N–H and O–H groups in total. The fraction of sp³-hybridized carbons (Fsp3) is 0.229. The second-order valence-electron chi connectivity index (χ2n) is 25.0. The van der Waals surface area contributed by atoms with Gasteiger partial charge in [0.05, 0.1) is 50.1 Å². The highest BCUT2D eigenvalue weighted by Gasteiger charge is 2.59. The van der Waals surface area contributed by atoms with Crippen molar-refractivity contribution in [2.24, 2.45) is 0 Å². The zero-order chi connectivity index (χ0) is 77.8. The van der Waals surface area contributed by atoms with E-state index in [0.29, 0.717) is 0 Å². The van der Waals surface area contributed by atoms with Crippen LogP contribution in [0.2, 0.25) is 0 Å². The lowest BCUT2D eigenvalue weighted by Gasteiger charge is -2.49. The maximum absolute atomic E-state index is 15.0. The maximum atomic E-state index is 15.0. The molecule has 12 rings (SSSR count). The van der Waals surface area contributed by atoms with Crippen LogP contribution in [0.5, 0.6) is 0 Å². The van der Waals surface area contributed by atoms with Gasteiger partial charge in [-0.2, -0.15) is 0 Å². The summed E-state index contributed by atoms with van der Waals surface area (Å²) in [5, 5.41) is 8.80. The van der Waals surface area contributed by atoms with Crippen LogP contribution in [0.4, 0.5) is 0 Å². The van der Waals surface area contributed by atoms with Gasteiger partial charge in [0.1, 0.15) is 56.4 Å². The van der Waals surface area contributed by atoms with Crippen molar-refractivity contribution >= 4 is 94.4 Å². The minimum Gasteiger partial charge on any atom is -0.459 e. The van der Waals surface area contributed by atoms with Gasteiger partial charge in [0.2, 0.25) is 18.3 Å². The number of carbonyl (C=O) groups is 9. The molecule has 0 saturated carbocycles. The molecule has 3 aliphatic heterocycles. The normalized spacial score (nSPS) is 22.8. The second kappa shape index (κ2) is 37.6. The van der Waals surface area contributed by atoms with Crippen molar-refractivity contribution in [1.82, 2.24) is 0 Å². The van der Waals surface area contributed by atoms with Crippen LogP contribution >= 0.6 is 34.8 Å². The molecule has 0 radical (unpaired) electrons. The van der Waals surface area contributed by atoms with Crippen molar-refractivity contribution in [3.05, 3.63) is 323 Å². The molecule has 3 aliphatic rings. The predicted octanol–water partition coefficient (Wildman–Crippen LogP) is 12.6. The van der Waals surface area contributed by atoms with E-state index >= 15 is 4.79 Å². The van der Waals surface area contributed by atoms with Crippen LogP contribution in [-0.4, -0.2) is 169 Å². The molecule has 9 aromatic carbocycles. The molecule has 28 heteroatoms. The number of carbonyl (C=O) groups excluding carboxylic acids is 9. The van der Waals surface area contributed by atoms with E-state index in [-0.39, 0.29) is 50.1 Å². The number of alkyl halides is 3. The molecule has 9 aromatic rings. The molecule has 0 aromatic heterocycles. The molecule has 0 amide bonds. The summed E-state index contributed by atoms with van der Waals surface area (Å²) in [6.45, 7) is -2.54.